The van der Waals surface area contributed by atoms with Crippen LogP contribution < -0.4 is 4.90 Å². The van der Waals surface area contributed by atoms with Crippen molar-refractivity contribution in [2.24, 2.45) is 0 Å². The molecule has 2 aromatic rings. The lowest BCUT2D eigenvalue weighted by atomic mass is 9.99. The van der Waals surface area contributed by atoms with Gasteiger partial charge in [-0.25, -0.2) is 4.98 Å². The summed E-state index contributed by atoms with van der Waals surface area (Å²) in [4.78, 5) is 7.11. The Morgan fingerprint density at radius 1 is 1.42 bits per heavy atom. The molecule has 0 aliphatic carbocycles. The molecule has 0 N–H and O–H groups in total. The second-order valence-electron chi connectivity index (χ2n) is 4.92. The van der Waals surface area contributed by atoms with Gasteiger partial charge in [0, 0.05) is 24.4 Å². The van der Waals surface area contributed by atoms with Gasteiger partial charge in [0.15, 0.2) is 0 Å². The van der Waals surface area contributed by atoms with Gasteiger partial charge in [0.05, 0.1) is 10.7 Å². The summed E-state index contributed by atoms with van der Waals surface area (Å²) in [5.74, 6) is 0.559. The Hall–Kier alpha value is -1.01. The maximum atomic E-state index is 4.74. The molecule has 3 heterocycles. The van der Waals surface area contributed by atoms with Crippen molar-refractivity contribution < 1.29 is 0 Å². The Morgan fingerprint density at radius 3 is 3.00 bits per heavy atom. The molecule has 0 radical (unpaired) electrons. The average molecular weight is 294 g/mol. The number of piperidine rings is 1. The third-order valence-electron chi connectivity index (χ3n) is 3.49. The molecule has 6 heteroatoms. The highest BCUT2D eigenvalue weighted by molar-refractivity contribution is 7.15. The molecule has 1 atom stereocenters. The molecule has 2 aromatic heterocycles. The van der Waals surface area contributed by atoms with Gasteiger partial charge in [-0.05, 0) is 26.2 Å². The predicted octanol–water partition coefficient (Wildman–Crippen LogP) is 3.25. The SMILES string of the molecule is CCc1csc([C@H]2CCCN(c3nnc(C)s3)C2)n1. The van der Waals surface area contributed by atoms with Gasteiger partial charge >= 0.3 is 0 Å². The zero-order valence-electron chi connectivity index (χ0n) is 11.3. The van der Waals surface area contributed by atoms with E-state index in [2.05, 4.69) is 27.4 Å². The molecule has 3 rings (SSSR count). The minimum Gasteiger partial charge on any atom is -0.346 e. The van der Waals surface area contributed by atoms with E-state index in [0.717, 1.165) is 29.6 Å². The van der Waals surface area contributed by atoms with Crippen LogP contribution in [0.2, 0.25) is 0 Å². The van der Waals surface area contributed by atoms with Crippen LogP contribution in [-0.4, -0.2) is 28.3 Å². The molecule has 0 spiro atoms. The second-order valence-corrected chi connectivity index (χ2v) is 6.97. The first-order valence-corrected chi connectivity index (χ1v) is 8.45. The van der Waals surface area contributed by atoms with E-state index in [-0.39, 0.29) is 0 Å². The maximum absolute atomic E-state index is 4.74. The molecule has 0 aromatic carbocycles. The normalized spacial score (nSPS) is 19.9. The van der Waals surface area contributed by atoms with Crippen LogP contribution in [0.4, 0.5) is 5.13 Å². The van der Waals surface area contributed by atoms with Crippen molar-refractivity contribution in [1.29, 1.82) is 0 Å². The van der Waals surface area contributed by atoms with Crippen molar-refractivity contribution in [3.8, 4) is 0 Å². The molecule has 1 aliphatic heterocycles. The molecule has 1 saturated heterocycles. The lowest BCUT2D eigenvalue weighted by Gasteiger charge is -2.31. The molecular weight excluding hydrogens is 276 g/mol. The Kier molecular flexibility index (Phi) is 3.79. The minimum absolute atomic E-state index is 0.559. The van der Waals surface area contributed by atoms with Crippen LogP contribution in [0.1, 0.15) is 41.4 Å². The molecule has 1 fully saturated rings. The Bertz CT molecular complexity index is 548. The summed E-state index contributed by atoms with van der Waals surface area (Å²) < 4.78 is 0. The minimum atomic E-state index is 0.559. The van der Waals surface area contributed by atoms with E-state index in [1.807, 2.05) is 18.3 Å². The van der Waals surface area contributed by atoms with Crippen molar-refractivity contribution in [2.75, 3.05) is 18.0 Å². The van der Waals surface area contributed by atoms with Crippen LogP contribution in [0.5, 0.6) is 0 Å². The van der Waals surface area contributed by atoms with Gasteiger partial charge in [-0.15, -0.1) is 21.5 Å². The van der Waals surface area contributed by atoms with Crippen LogP contribution in [-0.2, 0) is 6.42 Å². The van der Waals surface area contributed by atoms with E-state index < -0.39 is 0 Å². The number of rotatable bonds is 3. The van der Waals surface area contributed by atoms with Gasteiger partial charge in [-0.2, -0.15) is 0 Å². The monoisotopic (exact) mass is 294 g/mol. The third kappa shape index (κ3) is 2.79. The van der Waals surface area contributed by atoms with Crippen molar-refractivity contribution in [3.05, 3.63) is 21.1 Å². The van der Waals surface area contributed by atoms with E-state index in [1.54, 1.807) is 11.3 Å². The third-order valence-corrected chi connectivity index (χ3v) is 5.44. The smallest absolute Gasteiger partial charge is 0.208 e. The summed E-state index contributed by atoms with van der Waals surface area (Å²) in [6.07, 6.45) is 3.48. The standard InChI is InChI=1S/C13H18N4S2/c1-3-11-8-18-12(14-11)10-5-4-6-17(7-10)13-16-15-9(2)19-13/h8,10H,3-7H2,1-2H3/t10-/m0/s1. The van der Waals surface area contributed by atoms with Crippen molar-refractivity contribution in [2.45, 2.75) is 39.0 Å². The number of aromatic nitrogens is 3. The van der Waals surface area contributed by atoms with Crippen LogP contribution in [0, 0.1) is 6.92 Å². The zero-order chi connectivity index (χ0) is 13.2. The summed E-state index contributed by atoms with van der Waals surface area (Å²) in [7, 11) is 0. The molecule has 0 bridgehead atoms. The maximum Gasteiger partial charge on any atom is 0.208 e. The van der Waals surface area contributed by atoms with E-state index in [4.69, 9.17) is 4.98 Å². The summed E-state index contributed by atoms with van der Waals surface area (Å²) in [5.41, 5.74) is 1.23. The fourth-order valence-corrected chi connectivity index (χ4v) is 4.19. The number of aryl methyl sites for hydroxylation is 2. The predicted molar refractivity (Wildman–Crippen MR) is 80.3 cm³/mol. The Labute approximate surface area is 121 Å². The summed E-state index contributed by atoms with van der Waals surface area (Å²) in [6, 6.07) is 0. The molecule has 1 aliphatic rings. The molecular formula is C13H18N4S2. The summed E-state index contributed by atoms with van der Waals surface area (Å²) in [6.45, 7) is 6.30. The fourth-order valence-electron chi connectivity index (χ4n) is 2.44. The van der Waals surface area contributed by atoms with Crippen molar-refractivity contribution in [1.82, 2.24) is 15.2 Å². The number of hydrogen-bond acceptors (Lipinski definition) is 6. The highest BCUT2D eigenvalue weighted by atomic mass is 32.1. The van der Waals surface area contributed by atoms with E-state index in [9.17, 15) is 0 Å². The van der Waals surface area contributed by atoms with Crippen LogP contribution >= 0.6 is 22.7 Å². The number of nitrogens with zero attached hydrogens (tertiary/aromatic N) is 4. The largest absolute Gasteiger partial charge is 0.346 e. The quantitative estimate of drug-likeness (QED) is 0.871. The van der Waals surface area contributed by atoms with Crippen molar-refractivity contribution >= 4 is 27.8 Å². The molecule has 0 amide bonds. The summed E-state index contributed by atoms with van der Waals surface area (Å²) in [5, 5.41) is 14.0. The van der Waals surface area contributed by atoms with Crippen LogP contribution in [0.25, 0.3) is 0 Å². The zero-order valence-corrected chi connectivity index (χ0v) is 12.9. The molecule has 0 unspecified atom stereocenters. The van der Waals surface area contributed by atoms with Gasteiger partial charge < -0.3 is 4.90 Å². The Morgan fingerprint density at radius 2 is 2.32 bits per heavy atom. The van der Waals surface area contributed by atoms with E-state index >= 15 is 0 Å². The second kappa shape index (κ2) is 5.54. The highest BCUT2D eigenvalue weighted by Crippen LogP contribution is 2.32. The Balaban J connectivity index is 1.74. The lowest BCUT2D eigenvalue weighted by Crippen LogP contribution is -2.34. The van der Waals surface area contributed by atoms with Crippen LogP contribution in [0.15, 0.2) is 5.38 Å². The first kappa shape index (κ1) is 13.0. The average Bonchev–Trinajstić information content (AvgIpc) is 3.07. The van der Waals surface area contributed by atoms with Crippen LogP contribution in [0.3, 0.4) is 0 Å². The highest BCUT2D eigenvalue weighted by Gasteiger charge is 2.25. The number of hydrogen-bond donors (Lipinski definition) is 0. The van der Waals surface area contributed by atoms with Crippen molar-refractivity contribution in [3.63, 3.8) is 0 Å². The number of anilines is 1. The fraction of sp³-hybridized carbons (Fsp3) is 0.615. The molecule has 0 saturated carbocycles. The van der Waals surface area contributed by atoms with Gasteiger partial charge in [-0.1, -0.05) is 18.3 Å². The lowest BCUT2D eigenvalue weighted by molar-refractivity contribution is 0.506. The summed E-state index contributed by atoms with van der Waals surface area (Å²) >= 11 is 3.50. The first-order valence-electron chi connectivity index (χ1n) is 6.75. The number of thiazole rings is 1. The van der Waals surface area contributed by atoms with Gasteiger partial charge in [-0.3, -0.25) is 0 Å². The first-order chi connectivity index (χ1) is 9.26. The molecule has 102 valence electrons. The van der Waals surface area contributed by atoms with E-state index in [0.29, 0.717) is 5.92 Å². The van der Waals surface area contributed by atoms with Gasteiger partial charge in [0.1, 0.15) is 5.01 Å². The molecule has 4 nitrogen and oxygen atoms in total. The topological polar surface area (TPSA) is 41.9 Å². The molecule has 19 heavy (non-hydrogen) atoms. The van der Waals surface area contributed by atoms with Gasteiger partial charge in [0.2, 0.25) is 5.13 Å². The van der Waals surface area contributed by atoms with E-state index in [1.165, 1.54) is 23.5 Å². The van der Waals surface area contributed by atoms with Gasteiger partial charge in [0.25, 0.3) is 0 Å².